The second kappa shape index (κ2) is 4.87. The molecule has 2 rings (SSSR count). The van der Waals surface area contributed by atoms with Gasteiger partial charge in [-0.15, -0.1) is 11.3 Å². The van der Waals surface area contributed by atoms with E-state index in [1.807, 2.05) is 0 Å². The number of rotatable bonds is 5. The third-order valence-corrected chi connectivity index (χ3v) is 3.61. The monoisotopic (exact) mass is 252 g/mol. The Morgan fingerprint density at radius 1 is 1.59 bits per heavy atom. The molecule has 92 valence electrons. The van der Waals surface area contributed by atoms with Crippen LogP contribution in [0.1, 0.15) is 44.0 Å². The molecule has 0 atom stereocenters. The molecule has 0 amide bonds. The smallest absolute Gasteiger partial charge is 0.303 e. The highest BCUT2D eigenvalue weighted by atomic mass is 32.1. The Hall–Kier alpha value is -1.36. The van der Waals surface area contributed by atoms with Gasteiger partial charge in [-0.3, -0.25) is 9.20 Å². The first-order valence-electron chi connectivity index (χ1n) is 5.75. The Balaban J connectivity index is 2.14. The fraction of sp³-hybridized carbons (Fsp3) is 0.500. The second-order valence-corrected chi connectivity index (χ2v) is 5.28. The van der Waals surface area contributed by atoms with Crippen LogP contribution in [0.2, 0.25) is 0 Å². The van der Waals surface area contributed by atoms with Gasteiger partial charge in [0.25, 0.3) is 0 Å². The summed E-state index contributed by atoms with van der Waals surface area (Å²) in [5, 5.41) is 10.7. The lowest BCUT2D eigenvalue weighted by atomic mass is 10.1. The molecule has 0 unspecified atom stereocenters. The maximum Gasteiger partial charge on any atom is 0.303 e. The summed E-state index contributed by atoms with van der Waals surface area (Å²) in [6.07, 6.45) is 3.76. The first-order valence-corrected chi connectivity index (χ1v) is 6.63. The standard InChI is InChI=1S/C12H16N2O2S/c1-8(2)10-6-14-9(4-3-5-11(15)16)7-17-12(14)13-10/h6-8H,3-5H2,1-2H3,(H,15,16). The van der Waals surface area contributed by atoms with Crippen LogP contribution in [0.5, 0.6) is 0 Å². The second-order valence-electron chi connectivity index (χ2n) is 4.45. The van der Waals surface area contributed by atoms with Crippen LogP contribution in [-0.4, -0.2) is 20.5 Å². The highest BCUT2D eigenvalue weighted by Crippen LogP contribution is 2.21. The number of imidazole rings is 1. The van der Waals surface area contributed by atoms with Gasteiger partial charge in [-0.25, -0.2) is 4.98 Å². The summed E-state index contributed by atoms with van der Waals surface area (Å²) >= 11 is 1.62. The van der Waals surface area contributed by atoms with Gasteiger partial charge < -0.3 is 5.11 Å². The topological polar surface area (TPSA) is 54.6 Å². The quantitative estimate of drug-likeness (QED) is 0.890. The number of aryl methyl sites for hydroxylation is 1. The van der Waals surface area contributed by atoms with E-state index in [1.54, 1.807) is 11.3 Å². The fourth-order valence-corrected chi connectivity index (χ4v) is 2.64. The predicted molar refractivity (Wildman–Crippen MR) is 67.7 cm³/mol. The van der Waals surface area contributed by atoms with Crippen molar-refractivity contribution in [2.75, 3.05) is 0 Å². The summed E-state index contributed by atoms with van der Waals surface area (Å²) in [4.78, 5) is 16.0. The van der Waals surface area contributed by atoms with Crippen molar-refractivity contribution < 1.29 is 9.90 Å². The molecule has 4 nitrogen and oxygen atoms in total. The van der Waals surface area contributed by atoms with E-state index in [0.29, 0.717) is 12.3 Å². The Labute approximate surface area is 104 Å². The third kappa shape index (κ3) is 2.66. The molecular weight excluding hydrogens is 236 g/mol. The lowest BCUT2D eigenvalue weighted by Crippen LogP contribution is -1.97. The van der Waals surface area contributed by atoms with Crippen LogP contribution in [0.3, 0.4) is 0 Å². The number of aliphatic carboxylic acids is 1. The van der Waals surface area contributed by atoms with E-state index in [4.69, 9.17) is 5.11 Å². The van der Waals surface area contributed by atoms with Crippen LogP contribution >= 0.6 is 11.3 Å². The van der Waals surface area contributed by atoms with Gasteiger partial charge in [-0.2, -0.15) is 0 Å². The normalized spacial score (nSPS) is 11.5. The van der Waals surface area contributed by atoms with E-state index in [9.17, 15) is 4.79 Å². The lowest BCUT2D eigenvalue weighted by molar-refractivity contribution is -0.137. The SMILES string of the molecule is CC(C)c1cn2c(CCCC(=O)O)csc2n1. The molecular formula is C12H16N2O2S. The predicted octanol–water partition coefficient (Wildman–Crippen LogP) is 2.93. The molecule has 2 heterocycles. The molecule has 0 fully saturated rings. The summed E-state index contributed by atoms with van der Waals surface area (Å²) in [5.74, 6) is -0.307. The summed E-state index contributed by atoms with van der Waals surface area (Å²) in [6, 6.07) is 0. The van der Waals surface area contributed by atoms with Gasteiger partial charge in [0.15, 0.2) is 4.96 Å². The van der Waals surface area contributed by atoms with Crippen LogP contribution in [0.25, 0.3) is 4.96 Å². The fourth-order valence-electron chi connectivity index (χ4n) is 1.73. The maximum absolute atomic E-state index is 10.5. The number of hydrogen-bond donors (Lipinski definition) is 1. The van der Waals surface area contributed by atoms with Gasteiger partial charge in [0.2, 0.25) is 0 Å². The Morgan fingerprint density at radius 3 is 3.00 bits per heavy atom. The Morgan fingerprint density at radius 2 is 2.35 bits per heavy atom. The summed E-state index contributed by atoms with van der Waals surface area (Å²) in [7, 11) is 0. The molecule has 0 radical (unpaired) electrons. The van der Waals surface area contributed by atoms with Gasteiger partial charge in [0, 0.05) is 23.7 Å². The molecule has 17 heavy (non-hydrogen) atoms. The zero-order valence-electron chi connectivity index (χ0n) is 10.0. The molecule has 2 aromatic heterocycles. The number of nitrogens with zero attached hydrogens (tertiary/aromatic N) is 2. The number of thiazole rings is 1. The van der Waals surface area contributed by atoms with Crippen molar-refractivity contribution in [3.05, 3.63) is 23.0 Å². The minimum absolute atomic E-state index is 0.225. The van der Waals surface area contributed by atoms with Gasteiger partial charge in [-0.1, -0.05) is 13.8 Å². The highest BCUT2D eigenvalue weighted by molar-refractivity contribution is 7.15. The molecule has 0 saturated heterocycles. The summed E-state index contributed by atoms with van der Waals surface area (Å²) < 4.78 is 2.09. The van der Waals surface area contributed by atoms with Gasteiger partial charge in [0.05, 0.1) is 5.69 Å². The average Bonchev–Trinajstić information content (AvgIpc) is 2.78. The van der Waals surface area contributed by atoms with Crippen molar-refractivity contribution in [1.82, 2.24) is 9.38 Å². The average molecular weight is 252 g/mol. The Kier molecular flexibility index (Phi) is 3.47. The number of aromatic nitrogens is 2. The molecule has 0 aromatic carbocycles. The van der Waals surface area contributed by atoms with Crippen LogP contribution in [-0.2, 0) is 11.2 Å². The molecule has 0 aliphatic rings. The minimum Gasteiger partial charge on any atom is -0.481 e. The third-order valence-electron chi connectivity index (χ3n) is 2.72. The molecule has 0 bridgehead atoms. The van der Waals surface area contributed by atoms with E-state index >= 15 is 0 Å². The van der Waals surface area contributed by atoms with Crippen molar-refractivity contribution in [3.63, 3.8) is 0 Å². The molecule has 0 saturated carbocycles. The van der Waals surface area contributed by atoms with Crippen LogP contribution < -0.4 is 0 Å². The zero-order valence-corrected chi connectivity index (χ0v) is 10.8. The molecule has 5 heteroatoms. The molecule has 1 N–H and O–H groups in total. The van der Waals surface area contributed by atoms with Crippen molar-refractivity contribution in [1.29, 1.82) is 0 Å². The van der Waals surface area contributed by atoms with Crippen molar-refractivity contribution in [2.24, 2.45) is 0 Å². The number of carboxylic acid groups (broad SMARTS) is 1. The van der Waals surface area contributed by atoms with Gasteiger partial charge in [0.1, 0.15) is 0 Å². The van der Waals surface area contributed by atoms with Crippen LogP contribution in [0.4, 0.5) is 0 Å². The van der Waals surface area contributed by atoms with Gasteiger partial charge in [-0.05, 0) is 18.8 Å². The Bertz CT molecular complexity index is 528. The maximum atomic E-state index is 10.5. The van der Waals surface area contributed by atoms with E-state index in [0.717, 1.165) is 22.8 Å². The van der Waals surface area contributed by atoms with Gasteiger partial charge >= 0.3 is 5.97 Å². The number of carbonyl (C=O) groups is 1. The highest BCUT2D eigenvalue weighted by Gasteiger charge is 2.10. The van der Waals surface area contributed by atoms with E-state index in [1.165, 1.54) is 0 Å². The largest absolute Gasteiger partial charge is 0.481 e. The van der Waals surface area contributed by atoms with E-state index in [2.05, 4.69) is 34.8 Å². The lowest BCUT2D eigenvalue weighted by Gasteiger charge is -1.98. The zero-order chi connectivity index (χ0) is 12.4. The van der Waals surface area contributed by atoms with E-state index in [-0.39, 0.29) is 6.42 Å². The minimum atomic E-state index is -0.732. The van der Waals surface area contributed by atoms with E-state index < -0.39 is 5.97 Å². The molecule has 2 aromatic rings. The molecule has 0 aliphatic carbocycles. The number of fused-ring (bicyclic) bond motifs is 1. The summed E-state index contributed by atoms with van der Waals surface area (Å²) in [5.41, 5.74) is 2.25. The van der Waals surface area contributed by atoms with Crippen LogP contribution in [0, 0.1) is 0 Å². The number of carboxylic acids is 1. The van der Waals surface area contributed by atoms with Crippen molar-refractivity contribution >= 4 is 22.3 Å². The van der Waals surface area contributed by atoms with Crippen LogP contribution in [0.15, 0.2) is 11.6 Å². The molecule has 0 aliphatic heterocycles. The molecule has 0 spiro atoms. The first-order chi connectivity index (χ1) is 8.08. The van der Waals surface area contributed by atoms with Crippen molar-refractivity contribution in [3.8, 4) is 0 Å². The van der Waals surface area contributed by atoms with Crippen molar-refractivity contribution in [2.45, 2.75) is 39.0 Å². The summed E-state index contributed by atoms with van der Waals surface area (Å²) in [6.45, 7) is 4.24. The first kappa shape index (κ1) is 12.1. The number of hydrogen-bond acceptors (Lipinski definition) is 3.